The van der Waals surface area contributed by atoms with Gasteiger partial charge >= 0.3 is 0 Å². The van der Waals surface area contributed by atoms with Gasteiger partial charge in [0, 0.05) is 21.9 Å². The third-order valence-electron chi connectivity index (χ3n) is 8.39. The lowest BCUT2D eigenvalue weighted by molar-refractivity contribution is -0.122. The zero-order valence-corrected chi connectivity index (χ0v) is 22.7. The lowest BCUT2D eigenvalue weighted by Gasteiger charge is -2.45. The standard InChI is InChI=1S/C33H24BrNO4/c1-18-16-21(39-17-27(36)19-10-12-20(34)13-11-19)14-15-26(18)35-32(37)30-28-22-6-2-3-7-23(22)29(31(30)33(35)38)25-9-5-4-8-24(25)28/h2-16,28-31H,17H2,1H3/t28?,29?,30-,31-/m0/s1. The molecule has 0 radical (unpaired) electrons. The number of ketones is 1. The van der Waals surface area contributed by atoms with Crippen molar-refractivity contribution in [3.63, 3.8) is 0 Å². The van der Waals surface area contributed by atoms with Crippen molar-refractivity contribution >= 4 is 39.2 Å². The second kappa shape index (κ2) is 9.02. The summed E-state index contributed by atoms with van der Waals surface area (Å²) in [6.07, 6.45) is 0. The van der Waals surface area contributed by atoms with Gasteiger partial charge in [-0.1, -0.05) is 76.6 Å². The Morgan fingerprint density at radius 1 is 0.769 bits per heavy atom. The highest BCUT2D eigenvalue weighted by Crippen LogP contribution is 2.61. The van der Waals surface area contributed by atoms with Crippen molar-refractivity contribution in [3.05, 3.63) is 129 Å². The largest absolute Gasteiger partial charge is 0.485 e. The van der Waals surface area contributed by atoms with Crippen molar-refractivity contribution in [3.8, 4) is 5.75 Å². The molecule has 0 N–H and O–H groups in total. The Kier molecular flexibility index (Phi) is 5.56. The molecule has 2 amide bonds. The third kappa shape index (κ3) is 3.62. The molecule has 6 heteroatoms. The number of carbonyl (C=O) groups is 3. The monoisotopic (exact) mass is 577 g/mol. The van der Waals surface area contributed by atoms with E-state index in [-0.39, 0.29) is 36.0 Å². The summed E-state index contributed by atoms with van der Waals surface area (Å²) < 4.78 is 6.68. The minimum atomic E-state index is -0.425. The van der Waals surface area contributed by atoms with E-state index in [4.69, 9.17) is 4.74 Å². The molecule has 4 aromatic carbocycles. The van der Waals surface area contributed by atoms with E-state index in [0.717, 1.165) is 32.3 Å². The lowest BCUT2D eigenvalue weighted by Crippen LogP contribution is -2.41. The number of nitrogens with zero attached hydrogens (tertiary/aromatic N) is 1. The Hall–Kier alpha value is -4.03. The Bertz CT molecular complexity index is 1560. The smallest absolute Gasteiger partial charge is 0.238 e. The molecule has 3 aliphatic carbocycles. The van der Waals surface area contributed by atoms with E-state index in [2.05, 4.69) is 40.2 Å². The number of halogens is 1. The van der Waals surface area contributed by atoms with E-state index in [1.54, 1.807) is 30.3 Å². The summed E-state index contributed by atoms with van der Waals surface area (Å²) in [4.78, 5) is 42.0. The van der Waals surface area contributed by atoms with E-state index < -0.39 is 11.8 Å². The molecule has 5 nitrogen and oxygen atoms in total. The summed E-state index contributed by atoms with van der Waals surface area (Å²) >= 11 is 3.37. The van der Waals surface area contributed by atoms with Crippen LogP contribution in [-0.4, -0.2) is 24.2 Å². The van der Waals surface area contributed by atoms with Crippen molar-refractivity contribution in [2.45, 2.75) is 18.8 Å². The molecule has 0 aromatic heterocycles. The molecule has 4 aliphatic rings. The highest BCUT2D eigenvalue weighted by atomic mass is 79.9. The number of Topliss-reactive ketones (excluding diaryl/α,β-unsaturated/α-hetero) is 1. The van der Waals surface area contributed by atoms with Gasteiger partial charge in [0.15, 0.2) is 12.4 Å². The molecule has 2 bridgehead atoms. The molecule has 1 heterocycles. The molecule has 1 saturated heterocycles. The summed E-state index contributed by atoms with van der Waals surface area (Å²) in [7, 11) is 0. The normalized spacial score (nSPS) is 22.4. The highest BCUT2D eigenvalue weighted by Gasteiger charge is 2.61. The van der Waals surface area contributed by atoms with Crippen LogP contribution in [0.25, 0.3) is 0 Å². The minimum absolute atomic E-state index is 0.105. The van der Waals surface area contributed by atoms with Crippen LogP contribution in [0.4, 0.5) is 5.69 Å². The Labute approximate surface area is 234 Å². The highest BCUT2D eigenvalue weighted by molar-refractivity contribution is 9.10. The van der Waals surface area contributed by atoms with Crippen LogP contribution >= 0.6 is 15.9 Å². The molecule has 0 saturated carbocycles. The number of hydrogen-bond acceptors (Lipinski definition) is 4. The fourth-order valence-corrected chi connectivity index (χ4v) is 7.02. The SMILES string of the molecule is Cc1cc(OCC(=O)c2ccc(Br)cc2)ccc1N1C(=O)[C@H]2C3c4ccccc4C(c4ccccc43)[C@@H]2C1=O. The third-order valence-corrected chi connectivity index (χ3v) is 8.92. The van der Waals surface area contributed by atoms with Gasteiger partial charge in [0.1, 0.15) is 5.75 Å². The van der Waals surface area contributed by atoms with Crippen LogP contribution in [0, 0.1) is 18.8 Å². The predicted octanol–water partition coefficient (Wildman–Crippen LogP) is 6.42. The zero-order valence-electron chi connectivity index (χ0n) is 21.1. The van der Waals surface area contributed by atoms with Crippen LogP contribution in [0.1, 0.15) is 50.0 Å². The molecular formula is C33H24BrNO4. The first-order valence-electron chi connectivity index (χ1n) is 13.0. The number of amides is 2. The summed E-state index contributed by atoms with van der Waals surface area (Å²) in [5.41, 5.74) is 6.49. The number of benzene rings is 4. The second-order valence-corrected chi connectivity index (χ2v) is 11.4. The molecule has 39 heavy (non-hydrogen) atoms. The van der Waals surface area contributed by atoms with Crippen molar-refractivity contribution in [2.24, 2.45) is 11.8 Å². The van der Waals surface area contributed by atoms with E-state index in [9.17, 15) is 14.4 Å². The second-order valence-electron chi connectivity index (χ2n) is 10.4. The van der Waals surface area contributed by atoms with Crippen LogP contribution in [0.2, 0.25) is 0 Å². The quantitative estimate of drug-likeness (QED) is 0.203. The fraction of sp³-hybridized carbons (Fsp3) is 0.182. The molecular weight excluding hydrogens is 554 g/mol. The molecule has 0 unspecified atom stereocenters. The van der Waals surface area contributed by atoms with Gasteiger partial charge in [-0.25, -0.2) is 4.90 Å². The van der Waals surface area contributed by atoms with Gasteiger partial charge in [-0.2, -0.15) is 0 Å². The number of aryl methyl sites for hydroxylation is 1. The molecule has 2 atom stereocenters. The molecule has 1 aliphatic heterocycles. The van der Waals surface area contributed by atoms with Crippen molar-refractivity contribution in [1.82, 2.24) is 0 Å². The Morgan fingerprint density at radius 3 is 1.77 bits per heavy atom. The van der Waals surface area contributed by atoms with Crippen LogP contribution < -0.4 is 9.64 Å². The number of ether oxygens (including phenoxy) is 1. The van der Waals surface area contributed by atoms with Crippen molar-refractivity contribution in [1.29, 1.82) is 0 Å². The molecule has 1 fully saturated rings. The van der Waals surface area contributed by atoms with Gasteiger partial charge in [-0.3, -0.25) is 14.4 Å². The van der Waals surface area contributed by atoms with Crippen LogP contribution in [0.15, 0.2) is 95.5 Å². The molecule has 8 rings (SSSR count). The van der Waals surface area contributed by atoms with Gasteiger partial charge in [0.2, 0.25) is 11.8 Å². The number of hydrogen-bond donors (Lipinski definition) is 0. The first kappa shape index (κ1) is 24.0. The first-order chi connectivity index (χ1) is 18.9. The van der Waals surface area contributed by atoms with Gasteiger partial charge < -0.3 is 4.74 Å². The average Bonchev–Trinajstić information content (AvgIpc) is 3.22. The lowest BCUT2D eigenvalue weighted by atomic mass is 9.55. The molecule has 0 spiro atoms. The van der Waals surface area contributed by atoms with Crippen LogP contribution in [-0.2, 0) is 9.59 Å². The van der Waals surface area contributed by atoms with Crippen LogP contribution in [0.3, 0.4) is 0 Å². The summed E-state index contributed by atoms with van der Waals surface area (Å²) in [6.45, 7) is 1.76. The van der Waals surface area contributed by atoms with Crippen LogP contribution in [0.5, 0.6) is 5.75 Å². The van der Waals surface area contributed by atoms with E-state index in [1.165, 1.54) is 4.90 Å². The van der Waals surface area contributed by atoms with E-state index >= 15 is 0 Å². The van der Waals surface area contributed by atoms with Gasteiger partial charge in [-0.05, 0) is 65.1 Å². The van der Waals surface area contributed by atoms with Gasteiger partial charge in [-0.15, -0.1) is 0 Å². The summed E-state index contributed by atoms with van der Waals surface area (Å²) in [6, 6.07) is 28.9. The van der Waals surface area contributed by atoms with E-state index in [1.807, 2.05) is 43.3 Å². The first-order valence-corrected chi connectivity index (χ1v) is 13.8. The number of anilines is 1. The van der Waals surface area contributed by atoms with Crippen molar-refractivity contribution < 1.29 is 19.1 Å². The minimum Gasteiger partial charge on any atom is -0.485 e. The average molecular weight is 578 g/mol. The topological polar surface area (TPSA) is 63.7 Å². The van der Waals surface area contributed by atoms with E-state index in [0.29, 0.717) is 17.0 Å². The number of rotatable bonds is 5. The molecule has 4 aromatic rings. The zero-order chi connectivity index (χ0) is 26.8. The molecule has 192 valence electrons. The van der Waals surface area contributed by atoms with Gasteiger partial charge in [0.25, 0.3) is 0 Å². The Balaban J connectivity index is 1.18. The maximum Gasteiger partial charge on any atom is 0.238 e. The summed E-state index contributed by atoms with van der Waals surface area (Å²) in [5.74, 6) is -1.04. The Morgan fingerprint density at radius 2 is 1.28 bits per heavy atom. The maximum absolute atomic E-state index is 14.0. The predicted molar refractivity (Wildman–Crippen MR) is 151 cm³/mol. The fourth-order valence-electron chi connectivity index (χ4n) is 6.75. The summed E-state index contributed by atoms with van der Waals surface area (Å²) in [5, 5.41) is 0. The van der Waals surface area contributed by atoms with Gasteiger partial charge in [0.05, 0.1) is 17.5 Å². The maximum atomic E-state index is 14.0. The number of imide groups is 1. The number of carbonyl (C=O) groups excluding carboxylic acids is 3. The van der Waals surface area contributed by atoms with Crippen molar-refractivity contribution in [2.75, 3.05) is 11.5 Å².